The van der Waals surface area contributed by atoms with E-state index in [1.807, 2.05) is 0 Å². The monoisotopic (exact) mass is 307 g/mol. The first-order chi connectivity index (χ1) is 9.82. The van der Waals surface area contributed by atoms with E-state index >= 15 is 0 Å². The maximum atomic E-state index is 11.6. The van der Waals surface area contributed by atoms with Crippen LogP contribution in [0.5, 0.6) is 0 Å². The summed E-state index contributed by atoms with van der Waals surface area (Å²) >= 11 is 1.57. The summed E-state index contributed by atoms with van der Waals surface area (Å²) in [7, 11) is 0. The minimum absolute atomic E-state index is 0.0162. The van der Waals surface area contributed by atoms with Gasteiger partial charge in [0.05, 0.1) is 5.01 Å². The highest BCUT2D eigenvalue weighted by Crippen LogP contribution is 2.27. The predicted octanol–water partition coefficient (Wildman–Crippen LogP) is 1.87. The summed E-state index contributed by atoms with van der Waals surface area (Å²) in [6.45, 7) is 10.4. The summed E-state index contributed by atoms with van der Waals surface area (Å²) in [6, 6.07) is 0. The fourth-order valence-electron chi connectivity index (χ4n) is 1.37. The Morgan fingerprint density at radius 2 is 1.90 bits per heavy atom. The van der Waals surface area contributed by atoms with Crippen molar-refractivity contribution in [1.82, 2.24) is 15.6 Å². The number of hydrogen-bond donors (Lipinski definition) is 2. The van der Waals surface area contributed by atoms with E-state index in [1.165, 1.54) is 12.2 Å². The molecule has 1 aromatic heterocycles. The average molecular weight is 307 g/mol. The smallest absolute Gasteiger partial charge is 0.244 e. The quantitative estimate of drug-likeness (QED) is 0.622. The Morgan fingerprint density at radius 1 is 1.29 bits per heavy atom. The Morgan fingerprint density at radius 3 is 2.43 bits per heavy atom. The molecule has 0 aliphatic carbocycles. The molecule has 0 spiro atoms. The molecule has 0 saturated carbocycles. The third kappa shape index (κ3) is 6.35. The zero-order valence-corrected chi connectivity index (χ0v) is 13.4. The lowest BCUT2D eigenvalue weighted by Gasteiger charge is -2.13. The molecule has 1 heterocycles. The molecule has 0 saturated heterocycles. The van der Waals surface area contributed by atoms with E-state index < -0.39 is 0 Å². The molecule has 1 aromatic rings. The van der Waals surface area contributed by atoms with Gasteiger partial charge in [0.1, 0.15) is 0 Å². The van der Waals surface area contributed by atoms with Gasteiger partial charge in [-0.1, -0.05) is 27.4 Å². The second-order valence-electron chi connectivity index (χ2n) is 5.44. The lowest BCUT2D eigenvalue weighted by atomic mass is 9.98. The average Bonchev–Trinajstić information content (AvgIpc) is 2.90. The molecule has 0 aromatic carbocycles. The van der Waals surface area contributed by atoms with E-state index in [0.717, 1.165) is 9.88 Å². The van der Waals surface area contributed by atoms with Gasteiger partial charge in [0, 0.05) is 35.7 Å². The molecular formula is C15H21N3O2S. The molecule has 0 radical (unpaired) electrons. The van der Waals surface area contributed by atoms with Crippen LogP contribution in [0.3, 0.4) is 0 Å². The fourth-order valence-corrected chi connectivity index (χ4v) is 2.25. The predicted molar refractivity (Wildman–Crippen MR) is 86.1 cm³/mol. The van der Waals surface area contributed by atoms with Gasteiger partial charge in [-0.3, -0.25) is 9.59 Å². The van der Waals surface area contributed by atoms with Crippen LogP contribution in [0.4, 0.5) is 0 Å². The number of hydrogen-bond acceptors (Lipinski definition) is 4. The van der Waals surface area contributed by atoms with Crippen molar-refractivity contribution in [3.63, 3.8) is 0 Å². The van der Waals surface area contributed by atoms with Crippen LogP contribution in [0.25, 0.3) is 6.08 Å². The highest BCUT2D eigenvalue weighted by atomic mass is 32.1. The molecule has 0 atom stereocenters. The highest BCUT2D eigenvalue weighted by Gasteiger charge is 2.17. The van der Waals surface area contributed by atoms with Crippen LogP contribution in [0.2, 0.25) is 0 Å². The largest absolute Gasteiger partial charge is 0.351 e. The molecular weight excluding hydrogens is 286 g/mol. The molecule has 0 bridgehead atoms. The third-order valence-corrected chi connectivity index (χ3v) is 3.86. The minimum atomic E-state index is -0.251. The first-order valence-electron chi connectivity index (χ1n) is 6.65. The lowest BCUT2D eigenvalue weighted by molar-refractivity contribution is -0.118. The van der Waals surface area contributed by atoms with Crippen molar-refractivity contribution in [3.8, 4) is 0 Å². The van der Waals surface area contributed by atoms with Crippen LogP contribution in [-0.2, 0) is 15.0 Å². The summed E-state index contributed by atoms with van der Waals surface area (Å²) in [4.78, 5) is 27.8. The summed E-state index contributed by atoms with van der Waals surface area (Å²) in [5.74, 6) is -0.451. The topological polar surface area (TPSA) is 71.1 Å². The van der Waals surface area contributed by atoms with Gasteiger partial charge in [0.2, 0.25) is 11.8 Å². The molecule has 2 N–H and O–H groups in total. The van der Waals surface area contributed by atoms with Gasteiger partial charge in [0.15, 0.2) is 0 Å². The summed E-state index contributed by atoms with van der Waals surface area (Å²) < 4.78 is 0. The zero-order valence-electron chi connectivity index (χ0n) is 12.6. The van der Waals surface area contributed by atoms with E-state index in [-0.39, 0.29) is 17.2 Å². The molecule has 2 amide bonds. The Kier molecular flexibility index (Phi) is 6.30. The molecule has 0 unspecified atom stereocenters. The zero-order chi connectivity index (χ0) is 15.9. The number of nitrogens with zero attached hydrogens (tertiary/aromatic N) is 1. The summed E-state index contributed by atoms with van der Waals surface area (Å²) in [6.07, 6.45) is 6.16. The number of carbonyl (C=O) groups is 2. The first-order valence-corrected chi connectivity index (χ1v) is 7.47. The van der Waals surface area contributed by atoms with Gasteiger partial charge in [-0.05, 0) is 12.2 Å². The van der Waals surface area contributed by atoms with Crippen LogP contribution in [0, 0.1) is 0 Å². The van der Waals surface area contributed by atoms with Crippen molar-refractivity contribution in [2.24, 2.45) is 0 Å². The maximum Gasteiger partial charge on any atom is 0.244 e. The summed E-state index contributed by atoms with van der Waals surface area (Å²) in [5.41, 5.74) is 0.0162. The van der Waals surface area contributed by atoms with Gasteiger partial charge in [0.25, 0.3) is 0 Å². The van der Waals surface area contributed by atoms with Crippen molar-refractivity contribution in [1.29, 1.82) is 0 Å². The number of rotatable bonds is 6. The van der Waals surface area contributed by atoms with Gasteiger partial charge < -0.3 is 10.6 Å². The first kappa shape index (κ1) is 17.1. The van der Waals surface area contributed by atoms with Gasteiger partial charge in [-0.2, -0.15) is 0 Å². The van der Waals surface area contributed by atoms with Crippen LogP contribution < -0.4 is 10.6 Å². The third-order valence-electron chi connectivity index (χ3n) is 2.47. The number of thiazole rings is 1. The number of nitrogens with one attached hydrogen (secondary N) is 2. The van der Waals surface area contributed by atoms with Crippen molar-refractivity contribution >= 4 is 29.2 Å². The van der Waals surface area contributed by atoms with Crippen LogP contribution in [0.1, 0.15) is 30.7 Å². The van der Waals surface area contributed by atoms with Crippen LogP contribution in [0.15, 0.2) is 24.9 Å². The van der Waals surface area contributed by atoms with Crippen LogP contribution >= 0.6 is 11.3 Å². The molecule has 1 rings (SSSR count). The molecule has 0 aliphatic heterocycles. The molecule has 0 fully saturated rings. The number of amides is 2. The van der Waals surface area contributed by atoms with E-state index in [0.29, 0.717) is 13.1 Å². The SMILES string of the molecule is C=CC(=O)NCCNC(=O)/C=C\c1cnc(C(C)(C)C)s1. The molecule has 114 valence electrons. The second kappa shape index (κ2) is 7.73. The van der Waals surface area contributed by atoms with Crippen molar-refractivity contribution < 1.29 is 9.59 Å². The molecule has 0 aliphatic rings. The molecule has 6 heteroatoms. The Balaban J connectivity index is 2.39. The van der Waals surface area contributed by atoms with E-state index in [9.17, 15) is 9.59 Å². The maximum absolute atomic E-state index is 11.6. The lowest BCUT2D eigenvalue weighted by Crippen LogP contribution is -2.33. The Bertz CT molecular complexity index is 541. The second-order valence-corrected chi connectivity index (χ2v) is 6.50. The Hall–Kier alpha value is -1.95. The van der Waals surface area contributed by atoms with Gasteiger partial charge in [-0.15, -0.1) is 11.3 Å². The highest BCUT2D eigenvalue weighted by molar-refractivity contribution is 7.12. The summed E-state index contributed by atoms with van der Waals surface area (Å²) in [5, 5.41) is 6.29. The number of carbonyl (C=O) groups excluding carboxylic acids is 2. The van der Waals surface area contributed by atoms with Crippen molar-refractivity contribution in [3.05, 3.63) is 34.8 Å². The normalized spacial score (nSPS) is 11.4. The molecule has 5 nitrogen and oxygen atoms in total. The minimum Gasteiger partial charge on any atom is -0.351 e. The fraction of sp³-hybridized carbons (Fsp3) is 0.400. The standard InChI is InChI=1S/C15H21N3O2S/c1-5-12(19)16-8-9-17-13(20)7-6-11-10-18-14(21-11)15(2,3)4/h5-7,10H,1,8-9H2,2-4H3,(H,16,19)(H,17,20)/b7-6-. The van der Waals surface area contributed by atoms with Crippen LogP contribution in [-0.4, -0.2) is 29.9 Å². The van der Waals surface area contributed by atoms with Crippen molar-refractivity contribution in [2.75, 3.05) is 13.1 Å². The molecule has 21 heavy (non-hydrogen) atoms. The van der Waals surface area contributed by atoms with Gasteiger partial charge >= 0.3 is 0 Å². The number of aromatic nitrogens is 1. The Labute approximate surface area is 129 Å². The van der Waals surface area contributed by atoms with Crippen molar-refractivity contribution in [2.45, 2.75) is 26.2 Å². The van der Waals surface area contributed by atoms with Gasteiger partial charge in [-0.25, -0.2) is 4.98 Å². The van der Waals surface area contributed by atoms with E-state index in [2.05, 4.69) is 43.0 Å². The van der Waals surface area contributed by atoms with E-state index in [1.54, 1.807) is 23.6 Å². The van der Waals surface area contributed by atoms with E-state index in [4.69, 9.17) is 0 Å².